The number of halogens is 2. The molecule has 2 aromatic rings. The zero-order chi connectivity index (χ0) is 20.1. The van der Waals surface area contributed by atoms with E-state index in [1.54, 1.807) is 12.1 Å². The van der Waals surface area contributed by atoms with Crippen LogP contribution in [0, 0.1) is 19.7 Å². The summed E-state index contributed by atoms with van der Waals surface area (Å²) in [5.41, 5.74) is 3.49. The standard InChI is InChI=1S/C21H25FN4O2.ClH/c1-14-5-3-8-18(15(14)2)24-21(28)25-20(27)13-26-10-9-23-12-19(26)16-6-4-7-17(22)11-16;/h3-8,11,19,23H,9-10,12-13H2,1-2H3,(H2,24,25,27,28);1H. The molecule has 1 heterocycles. The summed E-state index contributed by atoms with van der Waals surface area (Å²) < 4.78 is 13.6. The average Bonchev–Trinajstić information content (AvgIpc) is 2.66. The molecule has 0 spiro atoms. The first-order valence-corrected chi connectivity index (χ1v) is 9.31. The molecule has 1 aliphatic rings. The lowest BCUT2D eigenvalue weighted by molar-refractivity contribution is -0.121. The Balaban J connectivity index is 0.00000300. The van der Waals surface area contributed by atoms with Crippen LogP contribution in [0.3, 0.4) is 0 Å². The molecule has 6 nitrogen and oxygen atoms in total. The molecule has 3 N–H and O–H groups in total. The van der Waals surface area contributed by atoms with E-state index in [1.165, 1.54) is 12.1 Å². The van der Waals surface area contributed by atoms with E-state index >= 15 is 0 Å². The van der Waals surface area contributed by atoms with Gasteiger partial charge in [0.1, 0.15) is 5.82 Å². The van der Waals surface area contributed by atoms with Gasteiger partial charge in [0, 0.05) is 31.4 Å². The maximum atomic E-state index is 13.6. The first-order chi connectivity index (χ1) is 13.4. The maximum Gasteiger partial charge on any atom is 0.325 e. The second kappa shape index (κ2) is 10.3. The van der Waals surface area contributed by atoms with Gasteiger partial charge < -0.3 is 10.6 Å². The number of hydrogen-bond acceptors (Lipinski definition) is 4. The van der Waals surface area contributed by atoms with Crippen LogP contribution >= 0.6 is 12.4 Å². The number of carbonyl (C=O) groups excluding carboxylic acids is 2. The molecule has 0 radical (unpaired) electrons. The Hall–Kier alpha value is -2.48. The van der Waals surface area contributed by atoms with Gasteiger partial charge in [-0.2, -0.15) is 0 Å². The summed E-state index contributed by atoms with van der Waals surface area (Å²) in [5, 5.41) is 8.36. The third kappa shape index (κ3) is 6.00. The van der Waals surface area contributed by atoms with E-state index in [9.17, 15) is 14.0 Å². The average molecular weight is 421 g/mol. The summed E-state index contributed by atoms with van der Waals surface area (Å²) in [5.74, 6) is -0.702. The predicted octanol–water partition coefficient (Wildman–Crippen LogP) is 3.16. The summed E-state index contributed by atoms with van der Waals surface area (Å²) in [4.78, 5) is 26.6. The van der Waals surface area contributed by atoms with Crippen LogP contribution in [-0.4, -0.2) is 43.0 Å². The van der Waals surface area contributed by atoms with Gasteiger partial charge in [0.05, 0.1) is 6.54 Å². The molecule has 8 heteroatoms. The van der Waals surface area contributed by atoms with Gasteiger partial charge in [0.15, 0.2) is 0 Å². The lowest BCUT2D eigenvalue weighted by Gasteiger charge is -2.35. The molecule has 2 aromatic carbocycles. The van der Waals surface area contributed by atoms with Crippen molar-refractivity contribution in [2.24, 2.45) is 0 Å². The van der Waals surface area contributed by atoms with Gasteiger partial charge in [0.25, 0.3) is 0 Å². The molecule has 3 amide bonds. The van der Waals surface area contributed by atoms with Crippen LogP contribution in [0.25, 0.3) is 0 Å². The lowest BCUT2D eigenvalue weighted by atomic mass is 10.0. The number of carbonyl (C=O) groups is 2. The van der Waals surface area contributed by atoms with Gasteiger partial charge in [-0.25, -0.2) is 9.18 Å². The van der Waals surface area contributed by atoms with Crippen LogP contribution in [-0.2, 0) is 4.79 Å². The molecule has 156 valence electrons. The molecule has 0 aromatic heterocycles. The van der Waals surface area contributed by atoms with Crippen LogP contribution < -0.4 is 16.0 Å². The van der Waals surface area contributed by atoms with Crippen molar-refractivity contribution in [3.8, 4) is 0 Å². The number of anilines is 1. The Bertz CT molecular complexity index is 878. The zero-order valence-electron chi connectivity index (χ0n) is 16.5. The van der Waals surface area contributed by atoms with Crippen LogP contribution in [0.1, 0.15) is 22.7 Å². The number of urea groups is 1. The van der Waals surface area contributed by atoms with Crippen LogP contribution in [0.15, 0.2) is 42.5 Å². The number of aryl methyl sites for hydroxylation is 1. The van der Waals surface area contributed by atoms with Gasteiger partial charge in [-0.3, -0.25) is 15.0 Å². The van der Waals surface area contributed by atoms with Crippen molar-refractivity contribution >= 4 is 30.0 Å². The number of hydrogen-bond donors (Lipinski definition) is 3. The normalized spacial score (nSPS) is 16.6. The molecule has 1 aliphatic heterocycles. The Morgan fingerprint density at radius 1 is 1.21 bits per heavy atom. The maximum absolute atomic E-state index is 13.6. The molecule has 3 rings (SSSR count). The summed E-state index contributed by atoms with van der Waals surface area (Å²) in [6.07, 6.45) is 0. The molecule has 1 saturated heterocycles. The summed E-state index contributed by atoms with van der Waals surface area (Å²) in [6, 6.07) is 11.3. The van der Waals surface area contributed by atoms with Crippen molar-refractivity contribution in [1.29, 1.82) is 0 Å². The predicted molar refractivity (Wildman–Crippen MR) is 114 cm³/mol. The molecule has 1 unspecified atom stereocenters. The van der Waals surface area contributed by atoms with E-state index in [0.717, 1.165) is 23.2 Å². The van der Waals surface area contributed by atoms with Gasteiger partial charge >= 0.3 is 6.03 Å². The molecular weight excluding hydrogens is 395 g/mol. The number of piperazine rings is 1. The van der Waals surface area contributed by atoms with Crippen LogP contribution in [0.5, 0.6) is 0 Å². The lowest BCUT2D eigenvalue weighted by Crippen LogP contribution is -2.50. The van der Waals surface area contributed by atoms with Gasteiger partial charge in [0.2, 0.25) is 5.91 Å². The topological polar surface area (TPSA) is 73.5 Å². The molecule has 0 aliphatic carbocycles. The largest absolute Gasteiger partial charge is 0.325 e. The second-order valence-electron chi connectivity index (χ2n) is 7.00. The highest BCUT2D eigenvalue weighted by Gasteiger charge is 2.26. The molecule has 1 fully saturated rings. The van der Waals surface area contributed by atoms with Gasteiger partial charge in [-0.1, -0.05) is 24.3 Å². The quantitative estimate of drug-likeness (QED) is 0.710. The molecule has 29 heavy (non-hydrogen) atoms. The fourth-order valence-corrected chi connectivity index (χ4v) is 3.37. The summed E-state index contributed by atoms with van der Waals surface area (Å²) in [6.45, 7) is 5.91. The number of benzene rings is 2. The fourth-order valence-electron chi connectivity index (χ4n) is 3.37. The van der Waals surface area contributed by atoms with E-state index in [2.05, 4.69) is 16.0 Å². The number of nitrogens with zero attached hydrogens (tertiary/aromatic N) is 1. The van der Waals surface area contributed by atoms with Crippen molar-refractivity contribution in [3.05, 3.63) is 65.0 Å². The number of nitrogens with one attached hydrogen (secondary N) is 3. The highest BCUT2D eigenvalue weighted by Crippen LogP contribution is 2.22. The minimum atomic E-state index is -0.559. The molecule has 0 bridgehead atoms. The Kier molecular flexibility index (Phi) is 8.13. The zero-order valence-corrected chi connectivity index (χ0v) is 17.3. The van der Waals surface area contributed by atoms with Crippen molar-refractivity contribution < 1.29 is 14.0 Å². The number of amides is 3. The second-order valence-corrected chi connectivity index (χ2v) is 7.00. The highest BCUT2D eigenvalue weighted by atomic mass is 35.5. The molecule has 1 atom stereocenters. The Labute approximate surface area is 176 Å². The van der Waals surface area contributed by atoms with Crippen molar-refractivity contribution in [3.63, 3.8) is 0 Å². The summed E-state index contributed by atoms with van der Waals surface area (Å²) in [7, 11) is 0. The first-order valence-electron chi connectivity index (χ1n) is 9.31. The summed E-state index contributed by atoms with van der Waals surface area (Å²) >= 11 is 0. The third-order valence-electron chi connectivity index (χ3n) is 5.04. The van der Waals surface area contributed by atoms with E-state index < -0.39 is 11.9 Å². The fraction of sp³-hybridized carbons (Fsp3) is 0.333. The van der Waals surface area contributed by atoms with Crippen molar-refractivity contribution in [2.45, 2.75) is 19.9 Å². The third-order valence-corrected chi connectivity index (χ3v) is 5.04. The van der Waals surface area contributed by atoms with Gasteiger partial charge in [-0.05, 0) is 48.7 Å². The van der Waals surface area contributed by atoms with E-state index in [0.29, 0.717) is 18.8 Å². The Morgan fingerprint density at radius 2 is 1.97 bits per heavy atom. The molecule has 0 saturated carbocycles. The van der Waals surface area contributed by atoms with E-state index in [-0.39, 0.29) is 30.8 Å². The monoisotopic (exact) mass is 420 g/mol. The Morgan fingerprint density at radius 3 is 2.72 bits per heavy atom. The van der Waals surface area contributed by atoms with Crippen molar-refractivity contribution in [2.75, 3.05) is 31.5 Å². The highest BCUT2D eigenvalue weighted by molar-refractivity contribution is 6.02. The van der Waals surface area contributed by atoms with Gasteiger partial charge in [-0.15, -0.1) is 12.4 Å². The molecular formula is C21H26ClFN4O2. The van der Waals surface area contributed by atoms with Crippen LogP contribution in [0.2, 0.25) is 0 Å². The number of rotatable bonds is 4. The smallest absolute Gasteiger partial charge is 0.314 e. The minimum absolute atomic E-state index is 0. The van der Waals surface area contributed by atoms with E-state index in [1.807, 2.05) is 36.9 Å². The van der Waals surface area contributed by atoms with Crippen molar-refractivity contribution in [1.82, 2.24) is 15.5 Å². The van der Waals surface area contributed by atoms with E-state index in [4.69, 9.17) is 0 Å². The SMILES string of the molecule is Cc1cccc(NC(=O)NC(=O)CN2CCNCC2c2cccc(F)c2)c1C.Cl. The van der Waals surface area contributed by atoms with Crippen LogP contribution in [0.4, 0.5) is 14.9 Å². The first kappa shape index (κ1) is 22.8. The minimum Gasteiger partial charge on any atom is -0.314 e. The number of imide groups is 1.